The van der Waals surface area contributed by atoms with Gasteiger partial charge in [0.15, 0.2) is 0 Å². The van der Waals surface area contributed by atoms with Crippen molar-refractivity contribution in [3.05, 3.63) is 83.1 Å². The van der Waals surface area contributed by atoms with Crippen molar-refractivity contribution in [3.8, 4) is 11.3 Å². The van der Waals surface area contributed by atoms with Gasteiger partial charge in [-0.25, -0.2) is 0 Å². The Morgan fingerprint density at radius 2 is 1.73 bits per heavy atom. The van der Waals surface area contributed by atoms with E-state index >= 15 is 0 Å². The van der Waals surface area contributed by atoms with Crippen LogP contribution in [0.1, 0.15) is 16.1 Å². The highest BCUT2D eigenvalue weighted by Crippen LogP contribution is 2.24. The van der Waals surface area contributed by atoms with Crippen molar-refractivity contribution in [2.75, 3.05) is 5.32 Å². The third kappa shape index (κ3) is 4.20. The number of para-hydroxylation sites is 1. The lowest BCUT2D eigenvalue weighted by Crippen LogP contribution is -2.16. The number of hydrogen-bond acceptors (Lipinski definition) is 3. The predicted molar refractivity (Wildman–Crippen MR) is 102 cm³/mol. The number of hydrogen-bond donors (Lipinski definition) is 2. The molecule has 0 atom stereocenters. The zero-order chi connectivity index (χ0) is 18.5. The zero-order valence-corrected chi connectivity index (χ0v) is 14.4. The third-order valence-corrected chi connectivity index (χ3v) is 3.86. The molecule has 1 heterocycles. The van der Waals surface area contributed by atoms with Gasteiger partial charge >= 0.3 is 0 Å². The maximum absolute atomic E-state index is 12.1. The van der Waals surface area contributed by atoms with Gasteiger partial charge < -0.3 is 15.5 Å². The number of benzene rings is 2. The van der Waals surface area contributed by atoms with Crippen LogP contribution in [0.5, 0.6) is 0 Å². The number of amides is 2. The van der Waals surface area contributed by atoms with Crippen LogP contribution in [-0.4, -0.2) is 11.8 Å². The lowest BCUT2D eigenvalue weighted by atomic mass is 10.1. The van der Waals surface area contributed by atoms with E-state index in [9.17, 15) is 9.59 Å². The lowest BCUT2D eigenvalue weighted by molar-refractivity contribution is -0.111. The van der Waals surface area contributed by atoms with Gasteiger partial charge in [-0.1, -0.05) is 23.7 Å². The molecule has 0 saturated heterocycles. The largest absolute Gasteiger partial charge is 0.457 e. The van der Waals surface area contributed by atoms with Crippen LogP contribution in [0.15, 0.2) is 71.2 Å². The fourth-order valence-electron chi connectivity index (χ4n) is 2.35. The standard InChI is InChI=1S/C20H15ClN2O3/c21-14-7-5-13(6-8-14)18-11-9-15(26-18)10-12-19(24)23-17-4-2-1-3-16(17)20(22)25/h1-12H,(H2,22,25)(H,23,24). The molecule has 2 amide bonds. The van der Waals surface area contributed by atoms with E-state index in [1.165, 1.54) is 6.08 Å². The molecule has 3 rings (SSSR count). The number of nitrogens with two attached hydrogens (primary N) is 1. The maximum atomic E-state index is 12.1. The van der Waals surface area contributed by atoms with Gasteiger partial charge in [-0.15, -0.1) is 0 Å². The zero-order valence-electron chi connectivity index (χ0n) is 13.6. The molecule has 0 aliphatic heterocycles. The van der Waals surface area contributed by atoms with Crippen molar-refractivity contribution in [1.82, 2.24) is 0 Å². The first-order valence-electron chi connectivity index (χ1n) is 7.76. The molecule has 2 aromatic carbocycles. The molecule has 130 valence electrons. The SMILES string of the molecule is NC(=O)c1ccccc1NC(=O)C=Cc1ccc(-c2ccc(Cl)cc2)o1. The molecule has 0 aliphatic carbocycles. The fourth-order valence-corrected chi connectivity index (χ4v) is 2.48. The molecule has 0 saturated carbocycles. The van der Waals surface area contributed by atoms with Crippen LogP contribution in [0, 0.1) is 0 Å². The molecule has 0 radical (unpaired) electrons. The van der Waals surface area contributed by atoms with Crippen LogP contribution in [0.4, 0.5) is 5.69 Å². The first-order valence-corrected chi connectivity index (χ1v) is 8.14. The first-order chi connectivity index (χ1) is 12.5. The van der Waals surface area contributed by atoms with E-state index in [0.29, 0.717) is 22.2 Å². The van der Waals surface area contributed by atoms with Gasteiger partial charge in [-0.2, -0.15) is 0 Å². The third-order valence-electron chi connectivity index (χ3n) is 3.60. The highest BCUT2D eigenvalue weighted by molar-refractivity contribution is 6.30. The number of carbonyl (C=O) groups excluding carboxylic acids is 2. The predicted octanol–water partition coefficient (Wildman–Crippen LogP) is 4.35. The summed E-state index contributed by atoms with van der Waals surface area (Å²) in [5, 5.41) is 3.27. The summed E-state index contributed by atoms with van der Waals surface area (Å²) in [4.78, 5) is 23.4. The van der Waals surface area contributed by atoms with Crippen LogP contribution in [0.25, 0.3) is 17.4 Å². The van der Waals surface area contributed by atoms with E-state index in [1.807, 2.05) is 18.2 Å². The number of furan rings is 1. The Bertz CT molecular complexity index is 975. The quantitative estimate of drug-likeness (QED) is 0.658. The Morgan fingerprint density at radius 3 is 2.46 bits per heavy atom. The molecular formula is C20H15ClN2O3. The summed E-state index contributed by atoms with van der Waals surface area (Å²) < 4.78 is 5.69. The molecule has 6 heteroatoms. The minimum Gasteiger partial charge on any atom is -0.457 e. The van der Waals surface area contributed by atoms with Crippen molar-refractivity contribution in [2.45, 2.75) is 0 Å². The number of primary amides is 1. The van der Waals surface area contributed by atoms with E-state index in [4.69, 9.17) is 21.8 Å². The maximum Gasteiger partial charge on any atom is 0.250 e. The van der Waals surface area contributed by atoms with E-state index < -0.39 is 11.8 Å². The molecule has 0 aliphatic rings. The van der Waals surface area contributed by atoms with E-state index in [2.05, 4.69) is 5.32 Å². The first kappa shape index (κ1) is 17.5. The summed E-state index contributed by atoms with van der Waals surface area (Å²) in [5.41, 5.74) is 6.78. The lowest BCUT2D eigenvalue weighted by Gasteiger charge is -2.06. The fraction of sp³-hybridized carbons (Fsp3) is 0. The average molecular weight is 367 g/mol. The summed E-state index contributed by atoms with van der Waals surface area (Å²) in [6, 6.07) is 17.4. The van der Waals surface area contributed by atoms with Crippen LogP contribution in [0.3, 0.4) is 0 Å². The summed E-state index contributed by atoms with van der Waals surface area (Å²) in [5.74, 6) is 0.181. The average Bonchev–Trinajstić information content (AvgIpc) is 3.10. The van der Waals surface area contributed by atoms with Crippen LogP contribution in [-0.2, 0) is 4.79 Å². The molecule has 3 aromatic rings. The Balaban J connectivity index is 1.70. The van der Waals surface area contributed by atoms with Crippen LogP contribution < -0.4 is 11.1 Å². The summed E-state index contributed by atoms with van der Waals surface area (Å²) >= 11 is 5.87. The van der Waals surface area contributed by atoms with E-state index in [0.717, 1.165) is 5.56 Å². The minimum absolute atomic E-state index is 0.247. The summed E-state index contributed by atoms with van der Waals surface area (Å²) in [7, 11) is 0. The molecule has 5 nitrogen and oxygen atoms in total. The van der Waals surface area contributed by atoms with Gasteiger partial charge in [0.25, 0.3) is 5.91 Å². The molecule has 26 heavy (non-hydrogen) atoms. The van der Waals surface area contributed by atoms with Gasteiger partial charge in [0, 0.05) is 16.7 Å². The second-order valence-corrected chi connectivity index (χ2v) is 5.88. The molecular weight excluding hydrogens is 352 g/mol. The summed E-state index contributed by atoms with van der Waals surface area (Å²) in [6.45, 7) is 0. The molecule has 1 aromatic heterocycles. The van der Waals surface area contributed by atoms with Gasteiger partial charge in [0.1, 0.15) is 11.5 Å². The summed E-state index contributed by atoms with van der Waals surface area (Å²) in [6.07, 6.45) is 2.86. The number of nitrogens with one attached hydrogen (secondary N) is 1. The number of anilines is 1. The second kappa shape index (κ2) is 7.72. The molecule has 0 unspecified atom stereocenters. The Morgan fingerprint density at radius 1 is 1.00 bits per heavy atom. The van der Waals surface area contributed by atoms with Gasteiger partial charge in [-0.3, -0.25) is 9.59 Å². The van der Waals surface area contributed by atoms with Gasteiger partial charge in [0.05, 0.1) is 11.3 Å². The highest BCUT2D eigenvalue weighted by Gasteiger charge is 2.09. The normalized spacial score (nSPS) is 10.8. The molecule has 0 bridgehead atoms. The monoisotopic (exact) mass is 366 g/mol. The van der Waals surface area contributed by atoms with E-state index in [-0.39, 0.29) is 5.56 Å². The Kier molecular flexibility index (Phi) is 5.20. The topological polar surface area (TPSA) is 85.3 Å². The Hall–Kier alpha value is -3.31. The smallest absolute Gasteiger partial charge is 0.250 e. The Labute approximate surface area is 155 Å². The second-order valence-electron chi connectivity index (χ2n) is 5.44. The highest BCUT2D eigenvalue weighted by atomic mass is 35.5. The van der Waals surface area contributed by atoms with E-state index in [1.54, 1.807) is 48.5 Å². The van der Waals surface area contributed by atoms with Crippen LogP contribution >= 0.6 is 11.6 Å². The van der Waals surface area contributed by atoms with Crippen molar-refractivity contribution in [1.29, 1.82) is 0 Å². The minimum atomic E-state index is -0.608. The van der Waals surface area contributed by atoms with Crippen molar-refractivity contribution in [2.24, 2.45) is 5.73 Å². The van der Waals surface area contributed by atoms with Crippen molar-refractivity contribution >= 4 is 35.2 Å². The van der Waals surface area contributed by atoms with Crippen molar-refractivity contribution in [3.63, 3.8) is 0 Å². The molecule has 0 spiro atoms. The number of carbonyl (C=O) groups is 2. The molecule has 3 N–H and O–H groups in total. The number of halogens is 1. The molecule has 0 fully saturated rings. The van der Waals surface area contributed by atoms with Gasteiger partial charge in [-0.05, 0) is 54.6 Å². The van der Waals surface area contributed by atoms with Gasteiger partial charge in [0.2, 0.25) is 5.91 Å². The van der Waals surface area contributed by atoms with Crippen LogP contribution in [0.2, 0.25) is 5.02 Å². The van der Waals surface area contributed by atoms with Crippen molar-refractivity contribution < 1.29 is 14.0 Å². The number of rotatable bonds is 5.